The molecule has 0 aliphatic carbocycles. The second kappa shape index (κ2) is 7.84. The lowest BCUT2D eigenvalue weighted by atomic mass is 10.0. The van der Waals surface area contributed by atoms with E-state index in [2.05, 4.69) is 53.4 Å². The predicted molar refractivity (Wildman–Crippen MR) is 118 cm³/mol. The van der Waals surface area contributed by atoms with Gasteiger partial charge in [-0.25, -0.2) is 0 Å². The highest BCUT2D eigenvalue weighted by atomic mass is 16.2. The fourth-order valence-corrected chi connectivity index (χ4v) is 4.63. The van der Waals surface area contributed by atoms with Crippen molar-refractivity contribution in [2.45, 2.75) is 32.2 Å². The van der Waals surface area contributed by atoms with E-state index >= 15 is 0 Å². The lowest BCUT2D eigenvalue weighted by molar-refractivity contribution is 0.0999. The van der Waals surface area contributed by atoms with Gasteiger partial charge in [0, 0.05) is 12.1 Å². The Morgan fingerprint density at radius 2 is 1.38 bits per heavy atom. The lowest BCUT2D eigenvalue weighted by Crippen LogP contribution is -2.27. The van der Waals surface area contributed by atoms with Gasteiger partial charge in [0.1, 0.15) is 0 Å². The Kier molecular flexibility index (Phi) is 4.91. The maximum atomic E-state index is 13.8. The third-order valence-electron chi connectivity index (χ3n) is 6.11. The minimum atomic E-state index is 0.0510. The van der Waals surface area contributed by atoms with Crippen LogP contribution in [0.3, 0.4) is 0 Å². The van der Waals surface area contributed by atoms with Crippen LogP contribution in [0.1, 0.15) is 39.9 Å². The van der Waals surface area contributed by atoms with Gasteiger partial charge in [0.25, 0.3) is 5.91 Å². The number of amides is 1. The third kappa shape index (κ3) is 3.58. The minimum absolute atomic E-state index is 0.0510. The van der Waals surface area contributed by atoms with Crippen LogP contribution in [0.2, 0.25) is 0 Å². The molecule has 5 rings (SSSR count). The summed E-state index contributed by atoms with van der Waals surface area (Å²) in [5.41, 5.74) is 6.44. The van der Waals surface area contributed by atoms with Crippen LogP contribution in [0, 0.1) is 0 Å². The molecule has 2 aliphatic heterocycles. The van der Waals surface area contributed by atoms with Gasteiger partial charge in [-0.1, -0.05) is 48.5 Å². The first-order valence-electron chi connectivity index (χ1n) is 10.6. The summed E-state index contributed by atoms with van der Waals surface area (Å²) in [5, 5.41) is 0. The summed E-state index contributed by atoms with van der Waals surface area (Å²) in [6.45, 7) is 3.24. The van der Waals surface area contributed by atoms with E-state index in [-0.39, 0.29) is 5.91 Å². The van der Waals surface area contributed by atoms with Crippen molar-refractivity contribution in [2.24, 2.45) is 0 Å². The van der Waals surface area contributed by atoms with E-state index in [4.69, 9.17) is 0 Å². The summed E-state index contributed by atoms with van der Waals surface area (Å²) in [4.78, 5) is 18.2. The van der Waals surface area contributed by atoms with Gasteiger partial charge in [-0.05, 0) is 79.7 Å². The first-order valence-corrected chi connectivity index (χ1v) is 10.6. The first-order chi connectivity index (χ1) is 14.3. The summed E-state index contributed by atoms with van der Waals surface area (Å²) < 4.78 is 0. The van der Waals surface area contributed by atoms with Crippen LogP contribution in [0.4, 0.5) is 11.4 Å². The molecule has 1 saturated heterocycles. The number of benzene rings is 3. The Morgan fingerprint density at radius 1 is 0.759 bits per heavy atom. The summed E-state index contributed by atoms with van der Waals surface area (Å²) in [6.07, 6.45) is 4.46. The zero-order valence-electron chi connectivity index (χ0n) is 16.7. The molecule has 3 aromatic rings. The van der Waals surface area contributed by atoms with Crippen LogP contribution >= 0.6 is 0 Å². The average molecular weight is 383 g/mol. The van der Waals surface area contributed by atoms with E-state index in [1.807, 2.05) is 29.2 Å². The molecular formula is C26H26N2O. The van der Waals surface area contributed by atoms with Gasteiger partial charge in [-0.3, -0.25) is 14.6 Å². The highest BCUT2D eigenvalue weighted by molar-refractivity contribution is 6.12. The first kappa shape index (κ1) is 18.1. The van der Waals surface area contributed by atoms with E-state index in [1.54, 1.807) is 0 Å². The number of anilines is 2. The number of para-hydroxylation sites is 2. The van der Waals surface area contributed by atoms with Gasteiger partial charge in [0.05, 0.1) is 11.4 Å². The summed E-state index contributed by atoms with van der Waals surface area (Å²) in [6, 6.07) is 24.8. The van der Waals surface area contributed by atoms with Gasteiger partial charge < -0.3 is 0 Å². The van der Waals surface area contributed by atoms with Crippen molar-refractivity contribution >= 4 is 17.3 Å². The molecule has 0 saturated carbocycles. The van der Waals surface area contributed by atoms with E-state index in [0.717, 1.165) is 49.4 Å². The molecule has 2 heterocycles. The minimum Gasteiger partial charge on any atom is -0.299 e. The fourth-order valence-electron chi connectivity index (χ4n) is 4.63. The zero-order valence-corrected chi connectivity index (χ0v) is 16.7. The quantitative estimate of drug-likeness (QED) is 0.609. The summed E-state index contributed by atoms with van der Waals surface area (Å²) in [7, 11) is 0. The van der Waals surface area contributed by atoms with Crippen molar-refractivity contribution < 1.29 is 4.79 Å². The van der Waals surface area contributed by atoms with Gasteiger partial charge in [0.2, 0.25) is 0 Å². The topological polar surface area (TPSA) is 23.6 Å². The molecule has 0 N–H and O–H groups in total. The fraction of sp³-hybridized carbons (Fsp3) is 0.269. The van der Waals surface area contributed by atoms with Gasteiger partial charge >= 0.3 is 0 Å². The van der Waals surface area contributed by atoms with Gasteiger partial charge in [0.15, 0.2) is 0 Å². The maximum Gasteiger partial charge on any atom is 0.262 e. The number of hydrogen-bond donors (Lipinski definition) is 0. The molecule has 146 valence electrons. The van der Waals surface area contributed by atoms with Crippen molar-refractivity contribution in [3.63, 3.8) is 0 Å². The standard InChI is InChI=1S/C26H26N2O/c29-26(23-11-7-8-20(18-23)19-27-16-5-6-17-27)28-24-12-3-1-9-21(24)14-15-22-10-2-4-13-25(22)28/h1-4,7-13,18H,5-6,14-17,19H2. The highest BCUT2D eigenvalue weighted by Gasteiger charge is 2.26. The Balaban J connectivity index is 1.54. The van der Waals surface area contributed by atoms with Crippen molar-refractivity contribution in [1.29, 1.82) is 0 Å². The molecule has 3 aromatic carbocycles. The monoisotopic (exact) mass is 382 g/mol. The second-order valence-corrected chi connectivity index (χ2v) is 8.08. The smallest absolute Gasteiger partial charge is 0.262 e. The van der Waals surface area contributed by atoms with Crippen molar-refractivity contribution in [3.8, 4) is 0 Å². The molecular weight excluding hydrogens is 356 g/mol. The van der Waals surface area contributed by atoms with E-state index in [1.165, 1.54) is 29.5 Å². The predicted octanol–water partition coefficient (Wildman–Crippen LogP) is 5.36. The third-order valence-corrected chi connectivity index (χ3v) is 6.11. The number of carbonyl (C=O) groups is 1. The van der Waals surface area contributed by atoms with Crippen LogP contribution in [0.5, 0.6) is 0 Å². The van der Waals surface area contributed by atoms with Crippen molar-refractivity contribution in [2.75, 3.05) is 18.0 Å². The number of aryl methyl sites for hydroxylation is 2. The van der Waals surface area contributed by atoms with Crippen LogP contribution in [-0.4, -0.2) is 23.9 Å². The average Bonchev–Trinajstić information content (AvgIpc) is 3.21. The molecule has 0 aromatic heterocycles. The summed E-state index contributed by atoms with van der Waals surface area (Å²) in [5.74, 6) is 0.0510. The molecule has 0 bridgehead atoms. The molecule has 1 fully saturated rings. The zero-order chi connectivity index (χ0) is 19.6. The Morgan fingerprint density at radius 3 is 2.03 bits per heavy atom. The SMILES string of the molecule is O=C(c1cccc(CN2CCCC2)c1)N1c2ccccc2CCc2ccccc21. The van der Waals surface area contributed by atoms with E-state index in [9.17, 15) is 4.79 Å². The number of fused-ring (bicyclic) bond motifs is 2. The van der Waals surface area contributed by atoms with Gasteiger partial charge in [-0.15, -0.1) is 0 Å². The van der Waals surface area contributed by atoms with Crippen LogP contribution in [-0.2, 0) is 19.4 Å². The van der Waals surface area contributed by atoms with Crippen molar-refractivity contribution in [3.05, 3.63) is 95.1 Å². The maximum absolute atomic E-state index is 13.8. The number of carbonyl (C=O) groups excluding carboxylic acids is 1. The Hall–Kier alpha value is -2.91. The Labute approximate surface area is 172 Å². The molecule has 0 radical (unpaired) electrons. The van der Waals surface area contributed by atoms with Crippen LogP contribution < -0.4 is 4.90 Å². The molecule has 3 nitrogen and oxygen atoms in total. The molecule has 2 aliphatic rings. The van der Waals surface area contributed by atoms with E-state index in [0.29, 0.717) is 0 Å². The summed E-state index contributed by atoms with van der Waals surface area (Å²) >= 11 is 0. The van der Waals surface area contributed by atoms with Crippen LogP contribution in [0.15, 0.2) is 72.8 Å². The highest BCUT2D eigenvalue weighted by Crippen LogP contribution is 2.37. The van der Waals surface area contributed by atoms with Crippen LogP contribution in [0.25, 0.3) is 0 Å². The molecule has 3 heteroatoms. The number of nitrogens with zero attached hydrogens (tertiary/aromatic N) is 2. The second-order valence-electron chi connectivity index (χ2n) is 8.08. The number of likely N-dealkylation sites (tertiary alicyclic amines) is 1. The molecule has 0 unspecified atom stereocenters. The molecule has 1 amide bonds. The largest absolute Gasteiger partial charge is 0.299 e. The number of rotatable bonds is 3. The van der Waals surface area contributed by atoms with Crippen molar-refractivity contribution in [1.82, 2.24) is 4.90 Å². The van der Waals surface area contributed by atoms with E-state index < -0.39 is 0 Å². The molecule has 0 spiro atoms. The number of hydrogen-bond acceptors (Lipinski definition) is 2. The molecule has 29 heavy (non-hydrogen) atoms. The van der Waals surface area contributed by atoms with Gasteiger partial charge in [-0.2, -0.15) is 0 Å². The lowest BCUT2D eigenvalue weighted by Gasteiger charge is -2.25. The molecule has 0 atom stereocenters. The Bertz CT molecular complexity index is 989. The normalized spacial score (nSPS) is 16.2.